The van der Waals surface area contributed by atoms with Crippen LogP contribution in [0, 0.1) is 0 Å². The van der Waals surface area contributed by atoms with Crippen LogP contribution in [0.5, 0.6) is 0 Å². The van der Waals surface area contributed by atoms with Crippen molar-refractivity contribution in [3.8, 4) is 0 Å². The first-order chi connectivity index (χ1) is 7.91. The van der Waals surface area contributed by atoms with Gasteiger partial charge in [-0.2, -0.15) is 5.53 Å². The standard InChI is InChI=1S/C10H28N6/c11-5-3-8-13-6-1-2-7-14-9-4-10-15-16-12/h13-16H,1-12H2. The molecule has 0 aliphatic rings. The number of rotatable bonds is 13. The fourth-order valence-electron chi connectivity index (χ4n) is 1.35. The molecule has 98 valence electrons. The van der Waals surface area contributed by atoms with Gasteiger partial charge in [-0.05, 0) is 58.4 Å². The summed E-state index contributed by atoms with van der Waals surface area (Å²) in [6, 6.07) is 0. The van der Waals surface area contributed by atoms with Gasteiger partial charge in [0.15, 0.2) is 0 Å². The van der Waals surface area contributed by atoms with Gasteiger partial charge in [0.1, 0.15) is 0 Å². The van der Waals surface area contributed by atoms with Crippen LogP contribution in [0.4, 0.5) is 0 Å². The molecule has 0 rings (SSSR count). The van der Waals surface area contributed by atoms with E-state index in [4.69, 9.17) is 11.6 Å². The zero-order valence-electron chi connectivity index (χ0n) is 10.2. The number of nitrogens with two attached hydrogens (primary N) is 2. The lowest BCUT2D eigenvalue weighted by atomic mass is 10.3. The largest absolute Gasteiger partial charge is 0.330 e. The van der Waals surface area contributed by atoms with Crippen molar-refractivity contribution in [1.82, 2.24) is 21.6 Å². The van der Waals surface area contributed by atoms with Crippen LogP contribution in [0.1, 0.15) is 25.7 Å². The van der Waals surface area contributed by atoms with Gasteiger partial charge in [-0.1, -0.05) is 0 Å². The molecule has 16 heavy (non-hydrogen) atoms. The Morgan fingerprint density at radius 1 is 0.688 bits per heavy atom. The SMILES string of the molecule is NCCCNCCCCNCCCNNN. The lowest BCUT2D eigenvalue weighted by Crippen LogP contribution is -2.39. The Labute approximate surface area is 98.8 Å². The number of hydrogen-bond acceptors (Lipinski definition) is 6. The van der Waals surface area contributed by atoms with Gasteiger partial charge in [-0.25, -0.2) is 5.43 Å². The second-order valence-electron chi connectivity index (χ2n) is 3.77. The van der Waals surface area contributed by atoms with E-state index in [1.54, 1.807) is 0 Å². The maximum atomic E-state index is 5.39. The molecular formula is C10H28N6. The summed E-state index contributed by atoms with van der Waals surface area (Å²) in [5, 5.41) is 6.76. The molecule has 0 saturated carbocycles. The Hall–Kier alpha value is -0.240. The summed E-state index contributed by atoms with van der Waals surface area (Å²) in [7, 11) is 0. The first-order valence-corrected chi connectivity index (χ1v) is 6.21. The van der Waals surface area contributed by atoms with Crippen molar-refractivity contribution in [2.24, 2.45) is 11.6 Å². The molecule has 6 nitrogen and oxygen atoms in total. The van der Waals surface area contributed by atoms with Crippen LogP contribution in [0.2, 0.25) is 0 Å². The van der Waals surface area contributed by atoms with Crippen molar-refractivity contribution in [2.45, 2.75) is 25.7 Å². The molecule has 0 fully saturated rings. The number of hydrogen-bond donors (Lipinski definition) is 6. The van der Waals surface area contributed by atoms with Crippen LogP contribution in [-0.4, -0.2) is 39.3 Å². The predicted molar refractivity (Wildman–Crippen MR) is 68.6 cm³/mol. The molecule has 0 aliphatic carbocycles. The molecule has 0 saturated heterocycles. The van der Waals surface area contributed by atoms with Crippen LogP contribution in [0.25, 0.3) is 0 Å². The molecule has 0 aromatic carbocycles. The Morgan fingerprint density at radius 3 is 1.81 bits per heavy atom. The lowest BCUT2D eigenvalue weighted by Gasteiger charge is -2.06. The first-order valence-electron chi connectivity index (χ1n) is 6.21. The minimum absolute atomic E-state index is 0.778. The Bertz CT molecular complexity index is 108. The fourth-order valence-corrected chi connectivity index (χ4v) is 1.35. The average Bonchev–Trinajstić information content (AvgIpc) is 2.31. The van der Waals surface area contributed by atoms with Gasteiger partial charge in [0.25, 0.3) is 0 Å². The third kappa shape index (κ3) is 13.8. The van der Waals surface area contributed by atoms with Crippen molar-refractivity contribution >= 4 is 0 Å². The highest BCUT2D eigenvalue weighted by atomic mass is 15.5. The average molecular weight is 232 g/mol. The molecule has 6 heteroatoms. The predicted octanol–water partition coefficient (Wildman–Crippen LogP) is -1.35. The Balaban J connectivity index is 2.83. The number of hydrazine groups is 2. The van der Waals surface area contributed by atoms with Gasteiger partial charge in [0.05, 0.1) is 0 Å². The topological polar surface area (TPSA) is 100 Å². The van der Waals surface area contributed by atoms with E-state index in [2.05, 4.69) is 21.6 Å². The monoisotopic (exact) mass is 232 g/mol. The first kappa shape index (κ1) is 15.8. The maximum Gasteiger partial charge on any atom is 0.0125 e. The Morgan fingerprint density at radius 2 is 1.25 bits per heavy atom. The van der Waals surface area contributed by atoms with Crippen molar-refractivity contribution in [3.63, 3.8) is 0 Å². The highest BCUT2D eigenvalue weighted by Crippen LogP contribution is 1.85. The van der Waals surface area contributed by atoms with Gasteiger partial charge in [0.2, 0.25) is 0 Å². The number of unbranched alkanes of at least 4 members (excludes halogenated alkanes) is 1. The molecule has 0 unspecified atom stereocenters. The van der Waals surface area contributed by atoms with Gasteiger partial charge >= 0.3 is 0 Å². The normalized spacial score (nSPS) is 10.9. The third-order valence-corrected chi connectivity index (χ3v) is 2.27. The van der Waals surface area contributed by atoms with E-state index in [9.17, 15) is 0 Å². The minimum Gasteiger partial charge on any atom is -0.330 e. The lowest BCUT2D eigenvalue weighted by molar-refractivity contribution is 0.515. The third-order valence-electron chi connectivity index (χ3n) is 2.27. The number of nitrogens with one attached hydrogen (secondary N) is 4. The van der Waals surface area contributed by atoms with E-state index in [-0.39, 0.29) is 0 Å². The minimum atomic E-state index is 0.778. The van der Waals surface area contributed by atoms with E-state index >= 15 is 0 Å². The van der Waals surface area contributed by atoms with Gasteiger partial charge in [-0.15, -0.1) is 0 Å². The summed E-state index contributed by atoms with van der Waals surface area (Å²) >= 11 is 0. The smallest absolute Gasteiger partial charge is 0.0125 e. The molecule has 8 N–H and O–H groups in total. The molecule has 0 heterocycles. The van der Waals surface area contributed by atoms with Crippen molar-refractivity contribution < 1.29 is 0 Å². The van der Waals surface area contributed by atoms with E-state index in [0.29, 0.717) is 0 Å². The summed E-state index contributed by atoms with van der Waals surface area (Å²) in [5.41, 5.74) is 10.6. The molecule has 0 spiro atoms. The van der Waals surface area contributed by atoms with E-state index in [1.807, 2.05) is 0 Å². The van der Waals surface area contributed by atoms with Gasteiger partial charge in [-0.3, -0.25) is 5.84 Å². The van der Waals surface area contributed by atoms with Crippen LogP contribution in [-0.2, 0) is 0 Å². The zero-order valence-corrected chi connectivity index (χ0v) is 10.2. The second-order valence-corrected chi connectivity index (χ2v) is 3.77. The van der Waals surface area contributed by atoms with Gasteiger partial charge < -0.3 is 16.4 Å². The molecule has 0 bridgehead atoms. The van der Waals surface area contributed by atoms with Crippen molar-refractivity contribution in [1.29, 1.82) is 0 Å². The van der Waals surface area contributed by atoms with E-state index < -0.39 is 0 Å². The van der Waals surface area contributed by atoms with Crippen LogP contribution < -0.4 is 33.2 Å². The fraction of sp³-hybridized carbons (Fsp3) is 1.00. The summed E-state index contributed by atoms with van der Waals surface area (Å²) in [5.74, 6) is 5.06. The molecule has 0 aliphatic heterocycles. The van der Waals surface area contributed by atoms with E-state index in [0.717, 1.165) is 52.1 Å². The summed E-state index contributed by atoms with van der Waals surface area (Å²) < 4.78 is 0. The van der Waals surface area contributed by atoms with Crippen LogP contribution in [0.15, 0.2) is 0 Å². The molecule has 0 amide bonds. The molecular weight excluding hydrogens is 204 g/mol. The van der Waals surface area contributed by atoms with E-state index in [1.165, 1.54) is 12.8 Å². The quantitative estimate of drug-likeness (QED) is 0.133. The van der Waals surface area contributed by atoms with Gasteiger partial charge in [0, 0.05) is 6.54 Å². The Kier molecular flexibility index (Phi) is 14.5. The highest BCUT2D eigenvalue weighted by Gasteiger charge is 1.90. The summed E-state index contributed by atoms with van der Waals surface area (Å²) in [4.78, 5) is 0. The highest BCUT2D eigenvalue weighted by molar-refractivity contribution is 4.53. The van der Waals surface area contributed by atoms with Crippen molar-refractivity contribution in [2.75, 3.05) is 39.3 Å². The molecule has 0 aromatic rings. The molecule has 0 atom stereocenters. The second kappa shape index (κ2) is 14.8. The van der Waals surface area contributed by atoms with Crippen molar-refractivity contribution in [3.05, 3.63) is 0 Å². The summed E-state index contributed by atoms with van der Waals surface area (Å²) in [6.45, 7) is 5.94. The van der Waals surface area contributed by atoms with Crippen LogP contribution >= 0.6 is 0 Å². The zero-order chi connectivity index (χ0) is 11.9. The maximum absolute atomic E-state index is 5.39. The molecule has 0 radical (unpaired) electrons. The molecule has 0 aromatic heterocycles. The van der Waals surface area contributed by atoms with Crippen LogP contribution in [0.3, 0.4) is 0 Å². The summed E-state index contributed by atoms with van der Waals surface area (Å²) in [6.07, 6.45) is 4.59.